The molecule has 0 fully saturated rings. The lowest BCUT2D eigenvalue weighted by Crippen LogP contribution is -1.94. The number of ether oxygens (including phenoxy) is 1. The molecular weight excluding hydrogens is 274 g/mol. The minimum absolute atomic E-state index is 0.423. The molecule has 4 heteroatoms. The number of rotatable bonds is 5. The average Bonchev–Trinajstić information content (AvgIpc) is 2.84. The van der Waals surface area contributed by atoms with E-state index in [-0.39, 0.29) is 0 Å². The molecule has 0 N–H and O–H groups in total. The summed E-state index contributed by atoms with van der Waals surface area (Å²) in [7, 11) is 0. The molecule has 0 aliphatic rings. The molecule has 0 radical (unpaired) electrons. The molecule has 0 bridgehead atoms. The summed E-state index contributed by atoms with van der Waals surface area (Å²) in [6, 6.07) is 8.07. The zero-order chi connectivity index (χ0) is 13.8. The summed E-state index contributed by atoms with van der Waals surface area (Å²) in [5.74, 6) is 2.06. The summed E-state index contributed by atoms with van der Waals surface area (Å²) in [5.41, 5.74) is 2.23. The van der Waals surface area contributed by atoms with E-state index in [1.54, 1.807) is 11.3 Å². The van der Waals surface area contributed by atoms with Gasteiger partial charge < -0.3 is 4.74 Å². The first-order valence-corrected chi connectivity index (χ1v) is 7.94. The fraction of sp³-hybridized carbons (Fsp3) is 0.400. The van der Waals surface area contributed by atoms with E-state index in [2.05, 4.69) is 32.5 Å². The second-order valence-corrected chi connectivity index (χ2v) is 5.97. The summed E-state index contributed by atoms with van der Waals surface area (Å²) in [6.45, 7) is 7.00. The molecule has 1 heterocycles. The Morgan fingerprint density at radius 1 is 1.32 bits per heavy atom. The maximum absolute atomic E-state index is 5.68. The molecule has 0 spiro atoms. The Kier molecular flexibility index (Phi) is 4.88. The summed E-state index contributed by atoms with van der Waals surface area (Å²) in [4.78, 5) is 6.03. The van der Waals surface area contributed by atoms with Crippen molar-refractivity contribution in [2.75, 3.05) is 6.61 Å². The van der Waals surface area contributed by atoms with E-state index in [1.807, 2.05) is 25.1 Å². The Bertz CT molecular complexity index is 549. The smallest absolute Gasteiger partial charge is 0.129 e. The van der Waals surface area contributed by atoms with Crippen LogP contribution in [0.5, 0.6) is 5.75 Å². The van der Waals surface area contributed by atoms with Gasteiger partial charge in [-0.2, -0.15) is 12.6 Å². The van der Waals surface area contributed by atoms with Gasteiger partial charge in [0.05, 0.1) is 17.9 Å². The molecule has 0 atom stereocenters. The monoisotopic (exact) mass is 293 g/mol. The largest absolute Gasteiger partial charge is 0.493 e. The molecule has 2 nitrogen and oxygen atoms in total. The molecule has 0 aliphatic heterocycles. The van der Waals surface area contributed by atoms with Crippen LogP contribution in [0.4, 0.5) is 0 Å². The summed E-state index contributed by atoms with van der Waals surface area (Å²) >= 11 is 6.12. The van der Waals surface area contributed by atoms with Gasteiger partial charge in [-0.05, 0) is 25.0 Å². The highest BCUT2D eigenvalue weighted by molar-refractivity contribution is 7.79. The fourth-order valence-electron chi connectivity index (χ4n) is 1.97. The van der Waals surface area contributed by atoms with Gasteiger partial charge in [0, 0.05) is 10.6 Å². The van der Waals surface area contributed by atoms with E-state index in [4.69, 9.17) is 9.72 Å². The second kappa shape index (κ2) is 6.44. The number of benzene rings is 1. The normalized spacial score (nSPS) is 11.0. The van der Waals surface area contributed by atoms with Crippen molar-refractivity contribution in [1.82, 2.24) is 4.98 Å². The molecule has 2 aromatic rings. The predicted molar refractivity (Wildman–Crippen MR) is 85.5 cm³/mol. The van der Waals surface area contributed by atoms with Gasteiger partial charge in [-0.1, -0.05) is 26.0 Å². The van der Waals surface area contributed by atoms with Crippen molar-refractivity contribution in [1.29, 1.82) is 0 Å². The van der Waals surface area contributed by atoms with E-state index >= 15 is 0 Å². The van der Waals surface area contributed by atoms with Crippen LogP contribution in [-0.4, -0.2) is 11.6 Å². The Balaban J connectivity index is 2.47. The maximum atomic E-state index is 5.68. The Labute approximate surface area is 124 Å². The number of aromatic nitrogens is 1. The van der Waals surface area contributed by atoms with E-state index < -0.39 is 0 Å². The van der Waals surface area contributed by atoms with E-state index in [0.717, 1.165) is 27.8 Å². The molecule has 0 aliphatic carbocycles. The quantitative estimate of drug-likeness (QED) is 0.803. The number of nitrogens with zero attached hydrogens (tertiary/aromatic N) is 1. The van der Waals surface area contributed by atoms with Crippen molar-refractivity contribution < 1.29 is 4.74 Å². The van der Waals surface area contributed by atoms with Crippen LogP contribution in [0.15, 0.2) is 24.3 Å². The van der Waals surface area contributed by atoms with Crippen molar-refractivity contribution in [3.8, 4) is 16.3 Å². The molecular formula is C15H19NOS2. The first kappa shape index (κ1) is 14.4. The van der Waals surface area contributed by atoms with Crippen LogP contribution < -0.4 is 4.74 Å². The average molecular weight is 293 g/mol. The van der Waals surface area contributed by atoms with Gasteiger partial charge in [-0.25, -0.2) is 4.98 Å². The fourth-order valence-corrected chi connectivity index (χ4v) is 3.43. The number of thiazole rings is 1. The zero-order valence-corrected chi connectivity index (χ0v) is 13.2. The van der Waals surface area contributed by atoms with Gasteiger partial charge in [0.2, 0.25) is 0 Å². The third-order valence-electron chi connectivity index (χ3n) is 2.84. The van der Waals surface area contributed by atoms with Gasteiger partial charge in [0.1, 0.15) is 10.8 Å². The van der Waals surface area contributed by atoms with Crippen LogP contribution in [0.3, 0.4) is 0 Å². The third kappa shape index (κ3) is 3.12. The standard InChI is InChI=1S/C15H19NOS2/c1-4-17-12-8-6-5-7-11(12)15-16-14(10(2)3)13(9-18)19-15/h5-8,10,18H,4,9H2,1-3H3. The minimum Gasteiger partial charge on any atom is -0.493 e. The van der Waals surface area contributed by atoms with Crippen LogP contribution in [0.2, 0.25) is 0 Å². The van der Waals surface area contributed by atoms with Crippen molar-refractivity contribution in [3.63, 3.8) is 0 Å². The summed E-state index contributed by atoms with van der Waals surface area (Å²) in [5, 5.41) is 1.02. The molecule has 19 heavy (non-hydrogen) atoms. The van der Waals surface area contributed by atoms with Crippen molar-refractivity contribution in [2.45, 2.75) is 32.4 Å². The predicted octanol–water partition coefficient (Wildman–Crippen LogP) is 4.76. The molecule has 102 valence electrons. The van der Waals surface area contributed by atoms with Gasteiger partial charge in [0.25, 0.3) is 0 Å². The molecule has 0 saturated carbocycles. The van der Waals surface area contributed by atoms with Crippen molar-refractivity contribution >= 4 is 24.0 Å². The lowest BCUT2D eigenvalue weighted by Gasteiger charge is -2.07. The van der Waals surface area contributed by atoms with Crippen LogP contribution in [0, 0.1) is 0 Å². The van der Waals surface area contributed by atoms with E-state index in [1.165, 1.54) is 4.88 Å². The topological polar surface area (TPSA) is 22.1 Å². The van der Waals surface area contributed by atoms with Crippen LogP contribution in [-0.2, 0) is 5.75 Å². The zero-order valence-electron chi connectivity index (χ0n) is 11.5. The summed E-state index contributed by atoms with van der Waals surface area (Å²) in [6.07, 6.45) is 0. The highest BCUT2D eigenvalue weighted by Gasteiger charge is 2.16. The molecule has 0 saturated heterocycles. The van der Waals surface area contributed by atoms with Gasteiger partial charge in [-0.15, -0.1) is 11.3 Å². The summed E-state index contributed by atoms with van der Waals surface area (Å²) < 4.78 is 5.68. The SMILES string of the molecule is CCOc1ccccc1-c1nc(C(C)C)c(CS)s1. The van der Waals surface area contributed by atoms with Gasteiger partial charge in [0.15, 0.2) is 0 Å². The second-order valence-electron chi connectivity index (χ2n) is 4.57. The molecule has 0 unspecified atom stereocenters. The number of hydrogen-bond acceptors (Lipinski definition) is 4. The number of thiol groups is 1. The van der Waals surface area contributed by atoms with E-state index in [0.29, 0.717) is 12.5 Å². The number of para-hydroxylation sites is 1. The lowest BCUT2D eigenvalue weighted by molar-refractivity contribution is 0.341. The van der Waals surface area contributed by atoms with Gasteiger partial charge in [-0.3, -0.25) is 0 Å². The number of hydrogen-bond donors (Lipinski definition) is 1. The third-order valence-corrected chi connectivity index (χ3v) is 4.47. The van der Waals surface area contributed by atoms with Gasteiger partial charge >= 0.3 is 0 Å². The highest BCUT2D eigenvalue weighted by atomic mass is 32.1. The Morgan fingerprint density at radius 2 is 2.05 bits per heavy atom. The van der Waals surface area contributed by atoms with Crippen LogP contribution in [0.1, 0.15) is 37.3 Å². The molecule has 1 aromatic heterocycles. The van der Waals surface area contributed by atoms with Crippen LogP contribution in [0.25, 0.3) is 10.6 Å². The molecule has 0 amide bonds. The van der Waals surface area contributed by atoms with Crippen molar-refractivity contribution in [3.05, 3.63) is 34.8 Å². The minimum atomic E-state index is 0.423. The highest BCUT2D eigenvalue weighted by Crippen LogP contribution is 2.36. The molecule has 1 aromatic carbocycles. The van der Waals surface area contributed by atoms with E-state index in [9.17, 15) is 0 Å². The first-order chi connectivity index (χ1) is 9.17. The Morgan fingerprint density at radius 3 is 2.63 bits per heavy atom. The maximum Gasteiger partial charge on any atom is 0.129 e. The molecule has 2 rings (SSSR count). The lowest BCUT2D eigenvalue weighted by atomic mass is 10.1. The first-order valence-electron chi connectivity index (χ1n) is 6.50. The van der Waals surface area contributed by atoms with Crippen molar-refractivity contribution in [2.24, 2.45) is 0 Å². The Hall–Kier alpha value is -1.000. The van der Waals surface area contributed by atoms with Crippen LogP contribution >= 0.6 is 24.0 Å².